The molecule has 0 bridgehead atoms. The van der Waals surface area contributed by atoms with Gasteiger partial charge in [0, 0.05) is 19.3 Å². The van der Waals surface area contributed by atoms with Crippen molar-refractivity contribution in [1.82, 2.24) is 0 Å². The maximum atomic E-state index is 10.6. The Labute approximate surface area is 152 Å². The van der Waals surface area contributed by atoms with Crippen molar-refractivity contribution < 1.29 is 19.7 Å². The highest BCUT2D eigenvalue weighted by Gasteiger charge is 2.10. The number of allylic oxidation sites excluding steroid dienone is 4. The lowest BCUT2D eigenvalue weighted by molar-refractivity contribution is -0.137. The Morgan fingerprint density at radius 1 is 1.24 bits per heavy atom. The predicted octanol–water partition coefficient (Wildman–Crippen LogP) is 5.34. The third-order valence-electron chi connectivity index (χ3n) is 4.46. The van der Waals surface area contributed by atoms with Gasteiger partial charge in [-0.25, -0.2) is 0 Å². The first-order valence-corrected chi connectivity index (χ1v) is 9.65. The average Bonchev–Trinajstić information content (AvgIpc) is 2.64. The molecule has 0 spiro atoms. The molecule has 4 heteroatoms. The molecule has 2 unspecified atom stereocenters. The van der Waals surface area contributed by atoms with Crippen molar-refractivity contribution in [2.75, 3.05) is 0 Å². The van der Waals surface area contributed by atoms with Crippen LogP contribution in [0.15, 0.2) is 35.8 Å². The third-order valence-corrected chi connectivity index (χ3v) is 4.46. The second-order valence-electron chi connectivity index (χ2n) is 6.98. The first-order valence-electron chi connectivity index (χ1n) is 9.65. The molecule has 1 rings (SSSR count). The molecule has 2 atom stereocenters. The number of unbranched alkanes of at least 4 members (excludes halogenated alkanes) is 2. The van der Waals surface area contributed by atoms with Crippen molar-refractivity contribution >= 4 is 5.97 Å². The van der Waals surface area contributed by atoms with Crippen LogP contribution in [0, 0.1) is 5.92 Å². The molecule has 0 radical (unpaired) electrons. The lowest BCUT2D eigenvalue weighted by Crippen LogP contribution is -2.03. The smallest absolute Gasteiger partial charge is 0.303 e. The van der Waals surface area contributed by atoms with Gasteiger partial charge < -0.3 is 14.9 Å². The number of carbonyl (C=O) groups is 1. The summed E-state index contributed by atoms with van der Waals surface area (Å²) in [5.74, 6) is 1.63. The summed E-state index contributed by atoms with van der Waals surface area (Å²) in [6, 6.07) is 0. The maximum absolute atomic E-state index is 10.6. The van der Waals surface area contributed by atoms with Gasteiger partial charge in [0.15, 0.2) is 0 Å². The number of ether oxygens (including phenoxy) is 1. The van der Waals surface area contributed by atoms with Crippen LogP contribution in [0.1, 0.15) is 78.1 Å². The third kappa shape index (κ3) is 10.8. The van der Waals surface area contributed by atoms with E-state index in [9.17, 15) is 9.90 Å². The van der Waals surface area contributed by atoms with E-state index in [2.05, 4.69) is 13.8 Å². The largest absolute Gasteiger partial charge is 0.481 e. The molecule has 0 fully saturated rings. The number of aliphatic hydroxyl groups excluding tert-OH is 1. The molecule has 1 heterocycles. The van der Waals surface area contributed by atoms with Gasteiger partial charge in [0.25, 0.3) is 0 Å². The number of carboxylic acid groups (broad SMARTS) is 1. The molecule has 1 aliphatic heterocycles. The van der Waals surface area contributed by atoms with Gasteiger partial charge in [0.2, 0.25) is 0 Å². The van der Waals surface area contributed by atoms with Crippen LogP contribution in [0.3, 0.4) is 0 Å². The number of rotatable bonds is 11. The lowest BCUT2D eigenvalue weighted by atomic mass is 9.98. The quantitative estimate of drug-likeness (QED) is 0.493. The van der Waals surface area contributed by atoms with E-state index in [0.717, 1.165) is 50.0 Å². The molecule has 0 saturated heterocycles. The second kappa shape index (κ2) is 12.8. The molecule has 0 saturated carbocycles. The fourth-order valence-corrected chi connectivity index (χ4v) is 2.84. The van der Waals surface area contributed by atoms with Crippen LogP contribution in [-0.2, 0) is 9.53 Å². The molecule has 0 aromatic heterocycles. The number of hydrogen-bond donors (Lipinski definition) is 2. The van der Waals surface area contributed by atoms with Gasteiger partial charge in [0.05, 0.1) is 11.9 Å². The first-order chi connectivity index (χ1) is 12.0. The summed E-state index contributed by atoms with van der Waals surface area (Å²) < 4.78 is 6.13. The van der Waals surface area contributed by atoms with Gasteiger partial charge in [-0.1, -0.05) is 45.3 Å². The van der Waals surface area contributed by atoms with Crippen molar-refractivity contribution in [2.45, 2.75) is 84.2 Å². The van der Waals surface area contributed by atoms with Gasteiger partial charge in [-0.05, 0) is 43.8 Å². The number of aliphatic carboxylic acids is 1. The number of aliphatic hydroxyl groups is 1. The van der Waals surface area contributed by atoms with Crippen molar-refractivity contribution in [3.05, 3.63) is 35.8 Å². The second-order valence-corrected chi connectivity index (χ2v) is 6.98. The van der Waals surface area contributed by atoms with Crippen LogP contribution in [0.25, 0.3) is 0 Å². The van der Waals surface area contributed by atoms with E-state index in [1.807, 2.05) is 18.2 Å². The van der Waals surface area contributed by atoms with Crippen LogP contribution in [0.2, 0.25) is 0 Å². The van der Waals surface area contributed by atoms with E-state index in [1.54, 1.807) is 6.08 Å². The van der Waals surface area contributed by atoms with E-state index in [0.29, 0.717) is 12.3 Å². The van der Waals surface area contributed by atoms with Gasteiger partial charge in [-0.2, -0.15) is 0 Å². The Bertz CT molecular complexity index is 476. The van der Waals surface area contributed by atoms with Gasteiger partial charge in [-0.3, -0.25) is 4.79 Å². The van der Waals surface area contributed by atoms with Crippen LogP contribution in [-0.4, -0.2) is 22.3 Å². The number of carboxylic acids is 1. The van der Waals surface area contributed by atoms with Crippen LogP contribution in [0.4, 0.5) is 0 Å². The molecular formula is C21H34O4. The number of hydrogen-bond acceptors (Lipinski definition) is 3. The topological polar surface area (TPSA) is 66.8 Å². The van der Waals surface area contributed by atoms with Crippen LogP contribution >= 0.6 is 0 Å². The molecule has 2 N–H and O–H groups in total. The highest BCUT2D eigenvalue weighted by molar-refractivity contribution is 5.66. The fraction of sp³-hybridized carbons (Fsp3) is 0.667. The van der Waals surface area contributed by atoms with Gasteiger partial charge in [0.1, 0.15) is 5.76 Å². The average molecular weight is 350 g/mol. The maximum Gasteiger partial charge on any atom is 0.303 e. The zero-order valence-corrected chi connectivity index (χ0v) is 15.7. The molecule has 25 heavy (non-hydrogen) atoms. The Kier molecular flexibility index (Phi) is 11.0. The van der Waals surface area contributed by atoms with Crippen molar-refractivity contribution in [3.8, 4) is 0 Å². The van der Waals surface area contributed by atoms with E-state index >= 15 is 0 Å². The molecule has 142 valence electrons. The highest BCUT2D eigenvalue weighted by atomic mass is 16.5. The van der Waals surface area contributed by atoms with Crippen molar-refractivity contribution in [2.24, 2.45) is 5.92 Å². The lowest BCUT2D eigenvalue weighted by Gasteiger charge is -2.16. The Balaban J connectivity index is 2.53. The molecule has 0 amide bonds. The van der Waals surface area contributed by atoms with Crippen molar-refractivity contribution in [1.29, 1.82) is 0 Å². The Morgan fingerprint density at radius 2 is 2.04 bits per heavy atom. The van der Waals surface area contributed by atoms with Crippen molar-refractivity contribution in [3.63, 3.8) is 0 Å². The Hall–Kier alpha value is -1.55. The minimum absolute atomic E-state index is 0.242. The summed E-state index contributed by atoms with van der Waals surface area (Å²) in [5.41, 5.74) is 0. The predicted molar refractivity (Wildman–Crippen MR) is 101 cm³/mol. The zero-order chi connectivity index (χ0) is 18.5. The molecule has 0 aliphatic carbocycles. The molecule has 1 aliphatic rings. The molecule has 0 aromatic rings. The summed E-state index contributed by atoms with van der Waals surface area (Å²) in [7, 11) is 0. The van der Waals surface area contributed by atoms with Crippen LogP contribution < -0.4 is 0 Å². The summed E-state index contributed by atoms with van der Waals surface area (Å²) in [6.45, 7) is 4.34. The van der Waals surface area contributed by atoms with E-state index in [4.69, 9.17) is 9.84 Å². The minimum atomic E-state index is -0.724. The standard InChI is InChI=1S/C21H34O4/c1-3-4-5-10-19-11-7-9-18(22)14-16-20(25-19)15-13-17(2)8-6-12-21(23)24/h7,9,11,16-18,22H,3-6,8,10,12-15H2,1-2H3,(H,23,24). The van der Waals surface area contributed by atoms with Crippen LogP contribution in [0.5, 0.6) is 0 Å². The highest BCUT2D eigenvalue weighted by Crippen LogP contribution is 2.23. The van der Waals surface area contributed by atoms with Gasteiger partial charge in [-0.15, -0.1) is 0 Å². The molecular weight excluding hydrogens is 316 g/mol. The summed E-state index contributed by atoms with van der Waals surface area (Å²) >= 11 is 0. The van der Waals surface area contributed by atoms with E-state index in [-0.39, 0.29) is 6.42 Å². The molecule has 0 aromatic carbocycles. The van der Waals surface area contributed by atoms with E-state index in [1.165, 1.54) is 12.8 Å². The molecule has 4 nitrogen and oxygen atoms in total. The Morgan fingerprint density at radius 3 is 2.76 bits per heavy atom. The monoisotopic (exact) mass is 350 g/mol. The summed E-state index contributed by atoms with van der Waals surface area (Å²) in [4.78, 5) is 10.6. The summed E-state index contributed by atoms with van der Waals surface area (Å²) in [6.07, 6.45) is 15.8. The van der Waals surface area contributed by atoms with E-state index < -0.39 is 12.1 Å². The first kappa shape index (κ1) is 21.5. The summed E-state index contributed by atoms with van der Waals surface area (Å²) in [5, 5.41) is 18.7. The SMILES string of the molecule is CCCCCC1=CC=CC(O)CC=C(CCC(C)CCCC(=O)O)O1. The normalized spacial score (nSPS) is 19.1. The minimum Gasteiger partial charge on any atom is -0.481 e. The zero-order valence-electron chi connectivity index (χ0n) is 15.7. The fourth-order valence-electron chi connectivity index (χ4n) is 2.84. The van der Waals surface area contributed by atoms with Gasteiger partial charge >= 0.3 is 5.97 Å².